The Kier molecular flexibility index (Phi) is 7.17. The summed E-state index contributed by atoms with van der Waals surface area (Å²) in [6, 6.07) is 0. The van der Waals surface area contributed by atoms with Crippen LogP contribution in [0.5, 0.6) is 0 Å². The molecule has 0 saturated carbocycles. The molecular formula is C11H25O2P. The van der Waals surface area contributed by atoms with Gasteiger partial charge in [-0.05, 0) is 0 Å². The van der Waals surface area contributed by atoms with Gasteiger partial charge in [0, 0.05) is 0 Å². The number of hydrogen-bond acceptors (Lipinski definition) is 1. The van der Waals surface area contributed by atoms with Gasteiger partial charge in [-0.15, -0.1) is 0 Å². The van der Waals surface area contributed by atoms with Gasteiger partial charge in [0.2, 0.25) is 0 Å². The number of aliphatic carboxylic acids is 1. The molecule has 0 bridgehead atoms. The Morgan fingerprint density at radius 1 is 1.00 bits per heavy atom. The summed E-state index contributed by atoms with van der Waals surface area (Å²) in [5, 5.41) is 8.43. The van der Waals surface area contributed by atoms with Crippen LogP contribution < -0.4 is 0 Å². The monoisotopic (exact) mass is 220 g/mol. The molecule has 86 valence electrons. The predicted octanol–water partition coefficient (Wildman–Crippen LogP) is 3.05. The van der Waals surface area contributed by atoms with Crippen LogP contribution in [0.15, 0.2) is 0 Å². The molecule has 0 rings (SSSR count). The van der Waals surface area contributed by atoms with Crippen LogP contribution in [0.2, 0.25) is 0 Å². The number of carboxylic acids is 1. The summed E-state index contributed by atoms with van der Waals surface area (Å²) >= 11 is 0. The number of hydrogen-bond donors (Lipinski definition) is 1. The molecule has 0 fully saturated rings. The quantitative estimate of drug-likeness (QED) is 0.504. The predicted molar refractivity (Wildman–Crippen MR) is 66.3 cm³/mol. The van der Waals surface area contributed by atoms with Gasteiger partial charge in [-0.25, -0.2) is 0 Å². The van der Waals surface area contributed by atoms with Crippen molar-refractivity contribution in [2.24, 2.45) is 0 Å². The van der Waals surface area contributed by atoms with Gasteiger partial charge < -0.3 is 0 Å². The van der Waals surface area contributed by atoms with E-state index in [2.05, 4.69) is 20.0 Å². The first-order valence-electron chi connectivity index (χ1n) is 5.63. The van der Waals surface area contributed by atoms with Crippen molar-refractivity contribution in [1.29, 1.82) is 0 Å². The van der Waals surface area contributed by atoms with Gasteiger partial charge in [-0.1, -0.05) is 0 Å². The minimum absolute atomic E-state index is 0.341. The van der Waals surface area contributed by atoms with E-state index < -0.39 is 13.2 Å². The maximum atomic E-state index is 10.2. The van der Waals surface area contributed by atoms with Crippen LogP contribution in [0.1, 0.15) is 38.5 Å². The van der Waals surface area contributed by atoms with Crippen molar-refractivity contribution in [3.63, 3.8) is 0 Å². The minimum atomic E-state index is -0.838. The summed E-state index contributed by atoms with van der Waals surface area (Å²) in [5.41, 5.74) is 0. The van der Waals surface area contributed by atoms with E-state index in [0.29, 0.717) is 6.42 Å². The van der Waals surface area contributed by atoms with Crippen molar-refractivity contribution in [1.82, 2.24) is 0 Å². The Labute approximate surface area is 88.4 Å². The Morgan fingerprint density at radius 3 is 2.00 bits per heavy atom. The van der Waals surface area contributed by atoms with E-state index in [1.807, 2.05) is 0 Å². The molecule has 0 aromatic rings. The number of carboxylic acid groups (broad SMARTS) is 1. The van der Waals surface area contributed by atoms with Crippen LogP contribution in [-0.2, 0) is 4.79 Å². The number of carbonyl (C=O) groups is 1. The first kappa shape index (κ1) is 13.9. The standard InChI is InChI=1S/C11H25O2P/c1-14(2,3)10-8-6-4-5-7-9-11(12)13/h14H,4-10H2,1-3H3,(H,12,13). The van der Waals surface area contributed by atoms with E-state index in [9.17, 15) is 4.79 Å². The van der Waals surface area contributed by atoms with E-state index in [1.54, 1.807) is 0 Å². The molecule has 0 spiro atoms. The fraction of sp³-hybridized carbons (Fsp3) is 0.909. The molecule has 0 amide bonds. The fourth-order valence-electron chi connectivity index (χ4n) is 1.46. The maximum absolute atomic E-state index is 10.2. The van der Waals surface area contributed by atoms with E-state index in [0.717, 1.165) is 12.8 Å². The molecule has 2 nitrogen and oxygen atoms in total. The fourth-order valence-corrected chi connectivity index (χ4v) is 2.77. The van der Waals surface area contributed by atoms with Gasteiger partial charge in [0.05, 0.1) is 0 Å². The van der Waals surface area contributed by atoms with Crippen LogP contribution >= 0.6 is 7.26 Å². The third-order valence-electron chi connectivity index (χ3n) is 2.32. The normalized spacial score (nSPS) is 12.8. The van der Waals surface area contributed by atoms with Gasteiger partial charge >= 0.3 is 87.8 Å². The van der Waals surface area contributed by atoms with Crippen LogP contribution in [-0.4, -0.2) is 37.2 Å². The van der Waals surface area contributed by atoms with Crippen molar-refractivity contribution < 1.29 is 9.90 Å². The van der Waals surface area contributed by atoms with E-state index in [-0.39, 0.29) is 0 Å². The molecule has 0 aromatic carbocycles. The molecule has 0 aromatic heterocycles. The van der Waals surface area contributed by atoms with Gasteiger partial charge in [0.1, 0.15) is 0 Å². The topological polar surface area (TPSA) is 37.3 Å². The van der Waals surface area contributed by atoms with Crippen molar-refractivity contribution in [3.8, 4) is 0 Å². The molecule has 1 N–H and O–H groups in total. The zero-order valence-electron chi connectivity index (χ0n) is 9.81. The number of unbranched alkanes of at least 4 members (excludes halogenated alkanes) is 4. The molecule has 14 heavy (non-hydrogen) atoms. The Bertz CT molecular complexity index is 161. The molecule has 0 saturated heterocycles. The second-order valence-corrected chi connectivity index (χ2v) is 10.8. The SMILES string of the molecule is C[PH](C)(C)CCCCCCCC(=O)O. The third-order valence-corrected chi connectivity index (χ3v) is 4.17. The Hall–Kier alpha value is -0.100. The summed E-state index contributed by atoms with van der Waals surface area (Å²) in [7, 11) is -0.838. The van der Waals surface area contributed by atoms with Crippen molar-refractivity contribution in [3.05, 3.63) is 0 Å². The molecule has 0 radical (unpaired) electrons. The second-order valence-electron chi connectivity index (χ2n) is 5.22. The Morgan fingerprint density at radius 2 is 1.50 bits per heavy atom. The van der Waals surface area contributed by atoms with Gasteiger partial charge in [0.15, 0.2) is 0 Å². The van der Waals surface area contributed by atoms with Gasteiger partial charge in [-0.2, -0.15) is 0 Å². The molecule has 0 aliphatic rings. The van der Waals surface area contributed by atoms with Crippen LogP contribution in [0, 0.1) is 0 Å². The zero-order chi connectivity index (χ0) is 11.0. The van der Waals surface area contributed by atoms with Crippen molar-refractivity contribution >= 4 is 13.2 Å². The van der Waals surface area contributed by atoms with E-state index >= 15 is 0 Å². The van der Waals surface area contributed by atoms with Crippen molar-refractivity contribution in [2.45, 2.75) is 38.5 Å². The summed E-state index contributed by atoms with van der Waals surface area (Å²) in [6.45, 7) is 7.20. The molecular weight excluding hydrogens is 195 g/mol. The molecule has 0 aliphatic carbocycles. The summed E-state index contributed by atoms with van der Waals surface area (Å²) < 4.78 is 0. The molecule has 0 aliphatic heterocycles. The van der Waals surface area contributed by atoms with Gasteiger partial charge in [0.25, 0.3) is 0 Å². The average Bonchev–Trinajstić information content (AvgIpc) is 2.00. The van der Waals surface area contributed by atoms with E-state index in [4.69, 9.17) is 5.11 Å². The Balaban J connectivity index is 3.11. The van der Waals surface area contributed by atoms with Crippen LogP contribution in [0.25, 0.3) is 0 Å². The van der Waals surface area contributed by atoms with Crippen molar-refractivity contribution in [2.75, 3.05) is 26.2 Å². The average molecular weight is 220 g/mol. The number of rotatable bonds is 8. The zero-order valence-corrected chi connectivity index (χ0v) is 10.8. The van der Waals surface area contributed by atoms with Crippen LogP contribution in [0.3, 0.4) is 0 Å². The molecule has 0 unspecified atom stereocenters. The molecule has 0 atom stereocenters. The van der Waals surface area contributed by atoms with E-state index in [1.165, 1.54) is 25.4 Å². The third kappa shape index (κ3) is 11.9. The van der Waals surface area contributed by atoms with Gasteiger partial charge in [-0.3, -0.25) is 0 Å². The summed E-state index contributed by atoms with van der Waals surface area (Å²) in [4.78, 5) is 10.2. The second kappa shape index (κ2) is 7.23. The molecule has 3 heteroatoms. The van der Waals surface area contributed by atoms with Crippen LogP contribution in [0.4, 0.5) is 0 Å². The first-order chi connectivity index (χ1) is 6.42. The summed E-state index contributed by atoms with van der Waals surface area (Å²) in [5.74, 6) is -0.660. The first-order valence-corrected chi connectivity index (χ1v) is 9.34. The summed E-state index contributed by atoms with van der Waals surface area (Å²) in [6.07, 6.45) is 7.50. The molecule has 0 heterocycles.